The van der Waals surface area contributed by atoms with E-state index in [-0.39, 0.29) is 70.5 Å². The van der Waals surface area contributed by atoms with Crippen LogP contribution in [0.4, 0.5) is 0 Å². The predicted molar refractivity (Wildman–Crippen MR) is 166 cm³/mol. The second-order valence-electron chi connectivity index (χ2n) is 18.0. The Morgan fingerprint density at radius 3 is 2.19 bits per heavy atom. The third kappa shape index (κ3) is 4.33. The normalized spacial score (nSPS) is 58.5. The maximum atomic E-state index is 14.6. The van der Waals surface area contributed by atoms with E-state index in [1.165, 1.54) is 0 Å². The summed E-state index contributed by atoms with van der Waals surface area (Å²) >= 11 is 0. The molecule has 3 aliphatic heterocycles. The van der Waals surface area contributed by atoms with Crippen LogP contribution in [0.2, 0.25) is 0 Å². The van der Waals surface area contributed by atoms with Crippen molar-refractivity contribution in [2.45, 2.75) is 147 Å². The molecule has 8 rings (SSSR count). The number of rotatable bonds is 4. The molecule has 0 aromatic carbocycles. The standard InChI is InChI=1S/C36H54O12/c1-16-10-23(40)46-20-12-34(5)21-11-17(37)29-32(2,3)22(6-7-36(29)15-35(21,36)9-8-33(34,4)24(16)20)47-31-28(26(42)19(39)14-45-31)48-30-27(43)25(41)18(38)13-44-30/h16,18-22,24-31,38-39,41-43H,6-15H2,1-5H3/t16-,18+,19-,20+,21+,22+,24+,25+,26+,27-,28-,29+,30+,31+,33-,34+,35+,36-/m1/s1. The molecular weight excluding hydrogens is 624 g/mol. The van der Waals surface area contributed by atoms with Gasteiger partial charge in [-0.2, -0.15) is 0 Å². The van der Waals surface area contributed by atoms with Crippen LogP contribution in [-0.4, -0.2) is 112 Å². The van der Waals surface area contributed by atoms with Crippen molar-refractivity contribution in [1.82, 2.24) is 0 Å². The quantitative estimate of drug-likeness (QED) is 0.214. The number of ketones is 1. The maximum absolute atomic E-state index is 14.6. The number of ether oxygens (including phenoxy) is 5. The van der Waals surface area contributed by atoms with E-state index >= 15 is 0 Å². The predicted octanol–water partition coefficient (Wildman–Crippen LogP) is 1.45. The Labute approximate surface area is 281 Å². The zero-order chi connectivity index (χ0) is 34.3. The highest BCUT2D eigenvalue weighted by atomic mass is 16.7. The third-order valence-corrected chi connectivity index (χ3v) is 15.7. The lowest BCUT2D eigenvalue weighted by Crippen LogP contribution is -2.63. The summed E-state index contributed by atoms with van der Waals surface area (Å²) in [7, 11) is 0. The first-order valence-corrected chi connectivity index (χ1v) is 18.2. The van der Waals surface area contributed by atoms with E-state index in [1.54, 1.807) is 0 Å². The lowest BCUT2D eigenvalue weighted by atomic mass is 9.41. The van der Waals surface area contributed by atoms with Gasteiger partial charge < -0.3 is 49.2 Å². The molecule has 0 bridgehead atoms. The molecule has 8 aliphatic rings. The van der Waals surface area contributed by atoms with Gasteiger partial charge in [0, 0.05) is 30.1 Å². The van der Waals surface area contributed by atoms with E-state index in [4.69, 9.17) is 23.7 Å². The smallest absolute Gasteiger partial charge is 0.306 e. The molecule has 8 fully saturated rings. The zero-order valence-electron chi connectivity index (χ0n) is 28.7. The molecule has 0 radical (unpaired) electrons. The molecule has 12 heteroatoms. The lowest BCUT2D eigenvalue weighted by molar-refractivity contribution is -0.354. The van der Waals surface area contributed by atoms with Crippen LogP contribution in [0.25, 0.3) is 0 Å². The van der Waals surface area contributed by atoms with E-state index < -0.39 is 60.7 Å². The number of esters is 1. The van der Waals surface area contributed by atoms with Crippen molar-refractivity contribution in [1.29, 1.82) is 0 Å². The first-order chi connectivity index (χ1) is 22.5. The van der Waals surface area contributed by atoms with Gasteiger partial charge in [-0.05, 0) is 72.0 Å². The van der Waals surface area contributed by atoms with E-state index in [2.05, 4.69) is 34.6 Å². The number of Topliss-reactive ketones (excluding diaryl/α,β-unsaturated/α-hetero) is 1. The Hall–Kier alpha value is -1.22. The second kappa shape index (κ2) is 10.9. The van der Waals surface area contributed by atoms with Gasteiger partial charge >= 0.3 is 5.97 Å². The Bertz CT molecular complexity index is 1340. The van der Waals surface area contributed by atoms with E-state index in [0.29, 0.717) is 25.2 Å². The first-order valence-electron chi connectivity index (χ1n) is 18.2. The SMILES string of the molecule is C[C@@H]1CC(=O)O[C@H]2C[C@@]3(C)[C@@H]4CC(=O)[C@H]5C(C)(C)[C@@H](O[C@@H]6OC[C@@H](O)[C@H](O)[C@H]6O[C@@H]6OC[C@H](O)[C@H](O)[C@H]6O)CC[C@@]56C[C@@]46CC[C@]3(C)[C@@H]12. The molecule has 0 unspecified atom stereocenters. The Balaban J connectivity index is 1.03. The third-order valence-electron chi connectivity index (χ3n) is 15.7. The molecule has 5 saturated carbocycles. The number of hydrogen-bond acceptors (Lipinski definition) is 12. The van der Waals surface area contributed by atoms with Crippen LogP contribution in [0.1, 0.15) is 86.0 Å². The summed E-state index contributed by atoms with van der Waals surface area (Å²) in [5, 5.41) is 51.9. The van der Waals surface area contributed by atoms with Crippen LogP contribution >= 0.6 is 0 Å². The minimum atomic E-state index is -1.59. The van der Waals surface area contributed by atoms with E-state index in [1.807, 2.05) is 0 Å². The van der Waals surface area contributed by atoms with Crippen LogP contribution in [0, 0.1) is 50.7 Å². The van der Waals surface area contributed by atoms with E-state index in [0.717, 1.165) is 32.1 Å². The molecule has 5 N–H and O–H groups in total. The number of carbonyl (C=O) groups is 2. The minimum Gasteiger partial charge on any atom is -0.462 e. The van der Waals surface area contributed by atoms with Gasteiger partial charge in [0.1, 0.15) is 48.5 Å². The second-order valence-corrected chi connectivity index (χ2v) is 18.0. The van der Waals surface area contributed by atoms with Crippen molar-refractivity contribution in [2.24, 2.45) is 50.7 Å². The maximum Gasteiger partial charge on any atom is 0.306 e. The van der Waals surface area contributed by atoms with Gasteiger partial charge in [-0.3, -0.25) is 9.59 Å². The van der Waals surface area contributed by atoms with Crippen LogP contribution in [0.15, 0.2) is 0 Å². The molecule has 48 heavy (non-hydrogen) atoms. The fourth-order valence-corrected chi connectivity index (χ4v) is 13.4. The van der Waals surface area contributed by atoms with Crippen LogP contribution in [0.3, 0.4) is 0 Å². The highest BCUT2D eigenvalue weighted by molar-refractivity contribution is 5.86. The van der Waals surface area contributed by atoms with Gasteiger partial charge in [0.25, 0.3) is 0 Å². The van der Waals surface area contributed by atoms with Crippen molar-refractivity contribution in [3.8, 4) is 0 Å². The van der Waals surface area contributed by atoms with E-state index in [9.17, 15) is 35.1 Å². The molecule has 5 aliphatic carbocycles. The molecule has 0 amide bonds. The summed E-state index contributed by atoms with van der Waals surface area (Å²) in [5.41, 5.74) is -0.727. The summed E-state index contributed by atoms with van der Waals surface area (Å²) in [5.74, 6) is 0.783. The molecule has 0 aromatic rings. The number of aliphatic hydroxyl groups is 5. The molecule has 270 valence electrons. The van der Waals surface area contributed by atoms with Crippen molar-refractivity contribution in [3.05, 3.63) is 0 Å². The van der Waals surface area contributed by atoms with Crippen molar-refractivity contribution in [2.75, 3.05) is 13.2 Å². The molecule has 3 saturated heterocycles. The van der Waals surface area contributed by atoms with Crippen LogP contribution in [-0.2, 0) is 33.3 Å². The van der Waals surface area contributed by atoms with Crippen LogP contribution < -0.4 is 0 Å². The summed E-state index contributed by atoms with van der Waals surface area (Å²) < 4.78 is 29.9. The Morgan fingerprint density at radius 2 is 1.46 bits per heavy atom. The first kappa shape index (κ1) is 33.9. The van der Waals surface area contributed by atoms with Gasteiger partial charge in [0.15, 0.2) is 12.6 Å². The number of carbonyl (C=O) groups excluding carboxylic acids is 2. The fraction of sp³-hybridized carbons (Fsp3) is 0.944. The average Bonchev–Trinajstić information content (AvgIpc) is 3.59. The zero-order valence-corrected chi connectivity index (χ0v) is 28.7. The largest absolute Gasteiger partial charge is 0.462 e. The average molecular weight is 679 g/mol. The highest BCUT2D eigenvalue weighted by Crippen LogP contribution is 2.88. The van der Waals surface area contributed by atoms with Gasteiger partial charge in [-0.1, -0.05) is 34.6 Å². The minimum absolute atomic E-state index is 0.00290. The Kier molecular flexibility index (Phi) is 7.70. The van der Waals surface area contributed by atoms with Crippen LogP contribution in [0.5, 0.6) is 0 Å². The summed E-state index contributed by atoms with van der Waals surface area (Å²) in [4.78, 5) is 27.1. The molecular formula is C36H54O12. The number of fused-ring (bicyclic) bond motifs is 4. The molecule has 0 aromatic heterocycles. The van der Waals surface area contributed by atoms with Crippen molar-refractivity contribution >= 4 is 11.8 Å². The summed E-state index contributed by atoms with van der Waals surface area (Å²) in [6.45, 7) is 10.7. The number of aliphatic hydroxyl groups excluding tert-OH is 5. The molecule has 12 nitrogen and oxygen atoms in total. The monoisotopic (exact) mass is 678 g/mol. The van der Waals surface area contributed by atoms with Crippen molar-refractivity contribution < 1.29 is 58.8 Å². The van der Waals surface area contributed by atoms with Crippen molar-refractivity contribution in [3.63, 3.8) is 0 Å². The summed E-state index contributed by atoms with van der Waals surface area (Å²) in [6, 6.07) is 0. The molecule has 18 atom stereocenters. The molecule has 3 heterocycles. The van der Waals surface area contributed by atoms with Gasteiger partial charge in [0.05, 0.1) is 19.3 Å². The lowest BCUT2D eigenvalue weighted by Gasteiger charge is -2.62. The van der Waals surface area contributed by atoms with Gasteiger partial charge in [0.2, 0.25) is 0 Å². The van der Waals surface area contributed by atoms with Gasteiger partial charge in [-0.15, -0.1) is 0 Å². The Morgan fingerprint density at radius 1 is 0.771 bits per heavy atom. The highest BCUT2D eigenvalue weighted by Gasteiger charge is 2.85. The number of hydrogen-bond donors (Lipinski definition) is 5. The summed E-state index contributed by atoms with van der Waals surface area (Å²) in [6.07, 6.45) is -4.92. The fourth-order valence-electron chi connectivity index (χ4n) is 13.4. The molecule has 2 spiro atoms. The topological polar surface area (TPSA) is 181 Å². The van der Waals surface area contributed by atoms with Gasteiger partial charge in [-0.25, -0.2) is 0 Å².